The maximum atomic E-state index is 5.55. The fourth-order valence-electron chi connectivity index (χ4n) is 1.47. The second-order valence-corrected chi connectivity index (χ2v) is 3.84. The van der Waals surface area contributed by atoms with Crippen LogP contribution in [0.15, 0.2) is 24.4 Å². The predicted octanol–water partition coefficient (Wildman–Crippen LogP) is 4.07. The molecule has 0 aliphatic rings. The summed E-state index contributed by atoms with van der Waals surface area (Å²) in [7, 11) is 0. The lowest BCUT2D eigenvalue weighted by molar-refractivity contribution is 0.294. The Labute approximate surface area is 98.4 Å². The first-order valence-corrected chi connectivity index (χ1v) is 6.08. The van der Waals surface area contributed by atoms with E-state index in [1.807, 2.05) is 37.4 Å². The molecule has 0 unspecified atom stereocenters. The van der Waals surface area contributed by atoms with Gasteiger partial charge < -0.3 is 4.74 Å². The first kappa shape index (κ1) is 12.8. The van der Waals surface area contributed by atoms with Crippen LogP contribution in [0.5, 0.6) is 5.88 Å². The van der Waals surface area contributed by atoms with Gasteiger partial charge in [0.25, 0.3) is 0 Å². The highest BCUT2D eigenvalue weighted by molar-refractivity contribution is 5.47. The summed E-state index contributed by atoms with van der Waals surface area (Å²) in [5, 5.41) is 0. The summed E-state index contributed by atoms with van der Waals surface area (Å²) in [5.41, 5.74) is 1.11. The molecule has 0 aliphatic carbocycles. The summed E-state index contributed by atoms with van der Waals surface area (Å²) in [6.07, 6.45) is 10.8. The van der Waals surface area contributed by atoms with Gasteiger partial charge in [-0.25, -0.2) is 4.98 Å². The minimum Gasteiger partial charge on any atom is -0.478 e. The molecule has 0 saturated carbocycles. The van der Waals surface area contributed by atoms with Gasteiger partial charge >= 0.3 is 0 Å². The SMILES string of the molecule is C/C=C\c1ccc(OCCCCCC)nc1. The Hall–Kier alpha value is -1.31. The van der Waals surface area contributed by atoms with Crippen molar-refractivity contribution in [3.8, 4) is 5.88 Å². The van der Waals surface area contributed by atoms with Crippen molar-refractivity contribution >= 4 is 6.08 Å². The van der Waals surface area contributed by atoms with Gasteiger partial charge in [0.15, 0.2) is 0 Å². The summed E-state index contributed by atoms with van der Waals surface area (Å²) in [6.45, 7) is 4.98. The fourth-order valence-corrected chi connectivity index (χ4v) is 1.47. The summed E-state index contributed by atoms with van der Waals surface area (Å²) >= 11 is 0. The molecule has 0 amide bonds. The van der Waals surface area contributed by atoms with E-state index < -0.39 is 0 Å². The molecule has 0 radical (unpaired) electrons. The van der Waals surface area contributed by atoms with Gasteiger partial charge in [-0.2, -0.15) is 0 Å². The van der Waals surface area contributed by atoms with Gasteiger partial charge in [0, 0.05) is 12.3 Å². The van der Waals surface area contributed by atoms with Crippen molar-refractivity contribution in [2.45, 2.75) is 39.5 Å². The topological polar surface area (TPSA) is 22.1 Å². The maximum absolute atomic E-state index is 5.55. The van der Waals surface area contributed by atoms with Gasteiger partial charge in [0.2, 0.25) is 5.88 Å². The third-order valence-corrected chi connectivity index (χ3v) is 2.37. The van der Waals surface area contributed by atoms with Crippen LogP contribution in [0, 0.1) is 0 Å². The van der Waals surface area contributed by atoms with E-state index in [0.717, 1.165) is 24.5 Å². The van der Waals surface area contributed by atoms with E-state index in [-0.39, 0.29) is 0 Å². The molecule has 2 heteroatoms. The Morgan fingerprint density at radius 2 is 2.12 bits per heavy atom. The number of rotatable bonds is 7. The summed E-state index contributed by atoms with van der Waals surface area (Å²) < 4.78 is 5.55. The average molecular weight is 219 g/mol. The standard InChI is InChI=1S/C14H21NO/c1-3-5-6-7-11-16-14-10-9-13(8-4-2)12-15-14/h4,8-10,12H,3,5-7,11H2,1-2H3/b8-4-. The van der Waals surface area contributed by atoms with E-state index in [1.165, 1.54) is 19.3 Å². The molecule has 0 aromatic carbocycles. The van der Waals surface area contributed by atoms with Gasteiger partial charge in [-0.15, -0.1) is 0 Å². The van der Waals surface area contributed by atoms with Crippen LogP contribution >= 0.6 is 0 Å². The number of pyridine rings is 1. The van der Waals surface area contributed by atoms with E-state index in [4.69, 9.17) is 4.74 Å². The zero-order chi connectivity index (χ0) is 11.6. The highest BCUT2D eigenvalue weighted by atomic mass is 16.5. The molecule has 0 fully saturated rings. The molecule has 0 N–H and O–H groups in total. The van der Waals surface area contributed by atoms with Crippen LogP contribution in [0.1, 0.15) is 45.1 Å². The first-order chi connectivity index (χ1) is 7.86. The van der Waals surface area contributed by atoms with Gasteiger partial charge in [-0.05, 0) is 25.0 Å². The van der Waals surface area contributed by atoms with Crippen molar-refractivity contribution in [3.05, 3.63) is 30.0 Å². The van der Waals surface area contributed by atoms with Gasteiger partial charge in [0.1, 0.15) is 0 Å². The highest BCUT2D eigenvalue weighted by Crippen LogP contribution is 2.09. The van der Waals surface area contributed by atoms with Crippen molar-refractivity contribution in [2.24, 2.45) is 0 Å². The third kappa shape index (κ3) is 4.96. The van der Waals surface area contributed by atoms with Gasteiger partial charge in [-0.3, -0.25) is 0 Å². The monoisotopic (exact) mass is 219 g/mol. The molecule has 1 rings (SSSR count). The molecule has 0 aliphatic heterocycles. The van der Waals surface area contributed by atoms with Crippen LogP contribution in [0.3, 0.4) is 0 Å². The van der Waals surface area contributed by atoms with Crippen LogP contribution < -0.4 is 4.74 Å². The molecule has 2 nitrogen and oxygen atoms in total. The van der Waals surface area contributed by atoms with E-state index in [2.05, 4.69) is 11.9 Å². The third-order valence-electron chi connectivity index (χ3n) is 2.37. The Balaban J connectivity index is 2.26. The summed E-state index contributed by atoms with van der Waals surface area (Å²) in [6, 6.07) is 3.95. The quantitative estimate of drug-likeness (QED) is 0.645. The fraction of sp³-hybridized carbons (Fsp3) is 0.500. The zero-order valence-electron chi connectivity index (χ0n) is 10.3. The lowest BCUT2D eigenvalue weighted by Crippen LogP contribution is -1.98. The number of ether oxygens (including phenoxy) is 1. The van der Waals surface area contributed by atoms with Crippen molar-refractivity contribution < 1.29 is 4.74 Å². The zero-order valence-corrected chi connectivity index (χ0v) is 10.3. The number of aromatic nitrogens is 1. The Morgan fingerprint density at radius 3 is 2.75 bits per heavy atom. The maximum Gasteiger partial charge on any atom is 0.213 e. The molecule has 16 heavy (non-hydrogen) atoms. The van der Waals surface area contributed by atoms with Crippen LogP contribution in [0.25, 0.3) is 6.08 Å². The van der Waals surface area contributed by atoms with Crippen molar-refractivity contribution in [3.63, 3.8) is 0 Å². The molecule has 1 heterocycles. The second-order valence-electron chi connectivity index (χ2n) is 3.84. The van der Waals surface area contributed by atoms with Crippen LogP contribution in [0.4, 0.5) is 0 Å². The Morgan fingerprint density at radius 1 is 1.25 bits per heavy atom. The largest absolute Gasteiger partial charge is 0.478 e. The number of hydrogen-bond acceptors (Lipinski definition) is 2. The summed E-state index contributed by atoms with van der Waals surface area (Å²) in [4.78, 5) is 4.24. The highest BCUT2D eigenvalue weighted by Gasteiger charge is 1.95. The number of hydrogen-bond donors (Lipinski definition) is 0. The number of nitrogens with zero attached hydrogens (tertiary/aromatic N) is 1. The molecule has 1 aromatic rings. The molecule has 88 valence electrons. The minimum absolute atomic E-state index is 0.727. The first-order valence-electron chi connectivity index (χ1n) is 6.08. The van der Waals surface area contributed by atoms with Crippen molar-refractivity contribution in [1.82, 2.24) is 4.98 Å². The Kier molecular flexibility index (Phi) is 6.31. The Bertz CT molecular complexity index is 303. The van der Waals surface area contributed by atoms with Crippen LogP contribution in [-0.4, -0.2) is 11.6 Å². The molecular formula is C14H21NO. The number of allylic oxidation sites excluding steroid dienone is 1. The van der Waals surface area contributed by atoms with E-state index in [9.17, 15) is 0 Å². The lowest BCUT2D eigenvalue weighted by atomic mass is 10.2. The minimum atomic E-state index is 0.727. The molecule has 0 atom stereocenters. The molecule has 1 aromatic heterocycles. The van der Waals surface area contributed by atoms with E-state index in [1.54, 1.807) is 0 Å². The van der Waals surface area contributed by atoms with Crippen LogP contribution in [-0.2, 0) is 0 Å². The van der Waals surface area contributed by atoms with Crippen LogP contribution in [0.2, 0.25) is 0 Å². The molecule has 0 bridgehead atoms. The van der Waals surface area contributed by atoms with Gasteiger partial charge in [-0.1, -0.05) is 38.3 Å². The number of unbranched alkanes of at least 4 members (excludes halogenated alkanes) is 3. The van der Waals surface area contributed by atoms with E-state index >= 15 is 0 Å². The van der Waals surface area contributed by atoms with Gasteiger partial charge in [0.05, 0.1) is 6.61 Å². The average Bonchev–Trinajstić information content (AvgIpc) is 2.31. The normalized spacial score (nSPS) is 10.9. The smallest absolute Gasteiger partial charge is 0.213 e. The summed E-state index contributed by atoms with van der Waals surface area (Å²) in [5.74, 6) is 0.727. The molecule has 0 spiro atoms. The molecule has 0 saturated heterocycles. The van der Waals surface area contributed by atoms with E-state index in [0.29, 0.717) is 0 Å². The predicted molar refractivity (Wildman–Crippen MR) is 68.6 cm³/mol. The lowest BCUT2D eigenvalue weighted by Gasteiger charge is -2.04. The van der Waals surface area contributed by atoms with Crippen molar-refractivity contribution in [1.29, 1.82) is 0 Å². The second kappa shape index (κ2) is 7.91. The van der Waals surface area contributed by atoms with Crippen molar-refractivity contribution in [2.75, 3.05) is 6.61 Å². The molecular weight excluding hydrogens is 198 g/mol.